The molecule has 0 unspecified atom stereocenters. The molecule has 3 N–H and O–H groups in total. The maximum atomic E-state index is 5.93. The van der Waals surface area contributed by atoms with E-state index in [2.05, 4.69) is 22.3 Å². The van der Waals surface area contributed by atoms with Crippen LogP contribution >= 0.6 is 0 Å². The summed E-state index contributed by atoms with van der Waals surface area (Å²) in [6, 6.07) is 18.3. The highest BCUT2D eigenvalue weighted by molar-refractivity contribution is 5.94. The molecule has 1 fully saturated rings. The number of hydrogen-bond donors (Lipinski definition) is 2. The van der Waals surface area contributed by atoms with E-state index in [1.54, 1.807) is 0 Å². The maximum absolute atomic E-state index is 5.93. The Labute approximate surface area is 155 Å². The summed E-state index contributed by atoms with van der Waals surface area (Å²) in [5.41, 5.74) is 7.76. The van der Waals surface area contributed by atoms with E-state index in [1.165, 1.54) is 12.8 Å². The van der Waals surface area contributed by atoms with Gasteiger partial charge in [0, 0.05) is 31.4 Å². The Balaban J connectivity index is 1.64. The second kappa shape index (κ2) is 9.82. The lowest BCUT2D eigenvalue weighted by Crippen LogP contribution is -2.34. The largest absolute Gasteiger partial charge is 0.489 e. The van der Waals surface area contributed by atoms with E-state index in [1.807, 2.05) is 42.5 Å². The first-order valence-electron chi connectivity index (χ1n) is 9.38. The van der Waals surface area contributed by atoms with E-state index in [9.17, 15) is 0 Å². The van der Waals surface area contributed by atoms with Crippen molar-refractivity contribution in [2.24, 2.45) is 10.7 Å². The predicted octanol–water partition coefficient (Wildman–Crippen LogP) is 3.48. The Morgan fingerprint density at radius 3 is 2.65 bits per heavy atom. The van der Waals surface area contributed by atoms with Crippen molar-refractivity contribution in [1.82, 2.24) is 4.90 Å². The number of rotatable bonds is 7. The fourth-order valence-electron chi connectivity index (χ4n) is 2.96. The summed E-state index contributed by atoms with van der Waals surface area (Å²) in [6.45, 7) is 4.09. The predicted molar refractivity (Wildman–Crippen MR) is 108 cm³/mol. The molecule has 0 spiro atoms. The number of benzene rings is 2. The van der Waals surface area contributed by atoms with Gasteiger partial charge in [0.05, 0.1) is 0 Å². The number of ether oxygens (including phenoxy) is 1. The molecular formula is C21H28N4O. The van der Waals surface area contributed by atoms with Gasteiger partial charge in [-0.25, -0.2) is 0 Å². The normalized spacial score (nSPS) is 14.5. The second-order valence-electron chi connectivity index (χ2n) is 6.47. The van der Waals surface area contributed by atoms with Crippen LogP contribution in [0.25, 0.3) is 0 Å². The molecule has 0 aliphatic carbocycles. The minimum atomic E-state index is 0.563. The van der Waals surface area contributed by atoms with Crippen LogP contribution in [0.4, 0.5) is 5.69 Å². The summed E-state index contributed by atoms with van der Waals surface area (Å²) >= 11 is 0. The summed E-state index contributed by atoms with van der Waals surface area (Å²) in [5, 5.41) is 3.47. The molecule has 138 valence electrons. The van der Waals surface area contributed by atoms with Crippen LogP contribution < -0.4 is 15.8 Å². The molecule has 1 aliphatic heterocycles. The Hall–Kier alpha value is -2.53. The van der Waals surface area contributed by atoms with Crippen LogP contribution in [-0.2, 0) is 6.61 Å². The van der Waals surface area contributed by atoms with Crippen LogP contribution in [0, 0.1) is 0 Å². The van der Waals surface area contributed by atoms with Crippen LogP contribution in [-0.4, -0.2) is 37.0 Å². The average molecular weight is 352 g/mol. The first kappa shape index (κ1) is 18.3. The molecule has 0 aromatic heterocycles. The van der Waals surface area contributed by atoms with E-state index < -0.39 is 0 Å². The molecule has 0 saturated carbocycles. The molecule has 1 aliphatic rings. The van der Waals surface area contributed by atoms with E-state index in [0.29, 0.717) is 13.2 Å². The molecule has 0 atom stereocenters. The maximum Gasteiger partial charge on any atom is 0.198 e. The van der Waals surface area contributed by atoms with E-state index in [-0.39, 0.29) is 0 Å². The van der Waals surface area contributed by atoms with Crippen molar-refractivity contribution >= 4 is 11.6 Å². The number of hydrogen-bond acceptors (Lipinski definition) is 3. The molecule has 0 radical (unpaired) electrons. The molecule has 1 saturated heterocycles. The van der Waals surface area contributed by atoms with Crippen LogP contribution in [0.2, 0.25) is 0 Å². The first-order valence-corrected chi connectivity index (χ1v) is 9.38. The molecule has 5 nitrogen and oxygen atoms in total. The zero-order valence-corrected chi connectivity index (χ0v) is 15.2. The van der Waals surface area contributed by atoms with Gasteiger partial charge in [-0.15, -0.1) is 0 Å². The van der Waals surface area contributed by atoms with Crippen molar-refractivity contribution in [2.75, 3.05) is 31.5 Å². The summed E-state index contributed by atoms with van der Waals surface area (Å²) in [4.78, 5) is 7.04. The van der Waals surface area contributed by atoms with Crippen molar-refractivity contribution in [2.45, 2.75) is 25.9 Å². The number of nitrogens with one attached hydrogen (secondary N) is 1. The number of anilines is 1. The fraction of sp³-hybridized carbons (Fsp3) is 0.381. The Morgan fingerprint density at radius 2 is 1.88 bits per heavy atom. The van der Waals surface area contributed by atoms with Gasteiger partial charge < -0.3 is 20.7 Å². The van der Waals surface area contributed by atoms with Gasteiger partial charge in [-0.3, -0.25) is 4.99 Å². The minimum absolute atomic E-state index is 0.563. The van der Waals surface area contributed by atoms with Crippen molar-refractivity contribution in [3.05, 3.63) is 60.2 Å². The van der Waals surface area contributed by atoms with Crippen molar-refractivity contribution in [3.8, 4) is 5.75 Å². The lowest BCUT2D eigenvalue weighted by atomic mass is 10.2. The highest BCUT2D eigenvalue weighted by Crippen LogP contribution is 2.20. The van der Waals surface area contributed by atoms with Crippen molar-refractivity contribution in [3.63, 3.8) is 0 Å². The number of guanidine groups is 1. The van der Waals surface area contributed by atoms with Crippen molar-refractivity contribution < 1.29 is 4.74 Å². The third kappa shape index (κ3) is 5.49. The SMILES string of the molecule is NCCCN=C(Nc1cccc(OCc2ccccc2)c1)N1CCCC1. The number of nitrogens with two attached hydrogens (primary N) is 1. The van der Waals surface area contributed by atoms with Crippen LogP contribution in [0.1, 0.15) is 24.8 Å². The van der Waals surface area contributed by atoms with Gasteiger partial charge in [0.25, 0.3) is 0 Å². The molecule has 2 aromatic carbocycles. The molecule has 0 amide bonds. The highest BCUT2D eigenvalue weighted by atomic mass is 16.5. The van der Waals surface area contributed by atoms with E-state index in [4.69, 9.17) is 15.5 Å². The Bertz CT molecular complexity index is 696. The molecule has 2 aromatic rings. The third-order valence-corrected chi connectivity index (χ3v) is 4.37. The lowest BCUT2D eigenvalue weighted by molar-refractivity contribution is 0.306. The van der Waals surface area contributed by atoms with Gasteiger partial charge in [0.1, 0.15) is 12.4 Å². The number of likely N-dealkylation sites (tertiary alicyclic amines) is 1. The standard InChI is InChI=1S/C21H28N4O/c22-12-7-13-23-21(25-14-4-5-15-25)24-19-10-6-11-20(16-19)26-17-18-8-2-1-3-9-18/h1-3,6,8-11,16H,4-5,7,12-15,17,22H2,(H,23,24). The molecule has 5 heteroatoms. The summed E-state index contributed by atoms with van der Waals surface area (Å²) in [7, 11) is 0. The van der Waals surface area contributed by atoms with E-state index in [0.717, 1.165) is 49.0 Å². The number of aliphatic imine (C=N–C) groups is 1. The minimum Gasteiger partial charge on any atom is -0.489 e. The van der Waals surface area contributed by atoms with Gasteiger partial charge in [-0.2, -0.15) is 0 Å². The first-order chi connectivity index (χ1) is 12.8. The highest BCUT2D eigenvalue weighted by Gasteiger charge is 2.16. The zero-order chi connectivity index (χ0) is 18.0. The van der Waals surface area contributed by atoms with Gasteiger partial charge in [0.15, 0.2) is 5.96 Å². The zero-order valence-electron chi connectivity index (χ0n) is 15.2. The van der Waals surface area contributed by atoms with E-state index >= 15 is 0 Å². The lowest BCUT2D eigenvalue weighted by Gasteiger charge is -2.21. The fourth-order valence-corrected chi connectivity index (χ4v) is 2.96. The van der Waals surface area contributed by atoms with Gasteiger partial charge in [-0.05, 0) is 43.5 Å². The molecule has 26 heavy (non-hydrogen) atoms. The van der Waals surface area contributed by atoms with Gasteiger partial charge >= 0.3 is 0 Å². The average Bonchev–Trinajstić information content (AvgIpc) is 3.22. The summed E-state index contributed by atoms with van der Waals surface area (Å²) in [6.07, 6.45) is 3.34. The molecule has 1 heterocycles. The Morgan fingerprint density at radius 1 is 1.08 bits per heavy atom. The Kier molecular flexibility index (Phi) is 6.90. The van der Waals surface area contributed by atoms with Crippen molar-refractivity contribution in [1.29, 1.82) is 0 Å². The summed E-state index contributed by atoms with van der Waals surface area (Å²) < 4.78 is 5.93. The molecule has 3 rings (SSSR count). The summed E-state index contributed by atoms with van der Waals surface area (Å²) in [5.74, 6) is 1.79. The quantitative estimate of drug-likeness (QED) is 0.455. The van der Waals surface area contributed by atoms with Gasteiger partial charge in [-0.1, -0.05) is 36.4 Å². The third-order valence-electron chi connectivity index (χ3n) is 4.37. The monoisotopic (exact) mass is 352 g/mol. The smallest absolute Gasteiger partial charge is 0.198 e. The van der Waals surface area contributed by atoms with Crippen LogP contribution in [0.3, 0.4) is 0 Å². The van der Waals surface area contributed by atoms with Gasteiger partial charge in [0.2, 0.25) is 0 Å². The number of nitrogens with zero attached hydrogens (tertiary/aromatic N) is 2. The topological polar surface area (TPSA) is 62.9 Å². The molecule has 0 bridgehead atoms. The van der Waals surface area contributed by atoms with Crippen LogP contribution in [0.5, 0.6) is 5.75 Å². The molecular weight excluding hydrogens is 324 g/mol. The second-order valence-corrected chi connectivity index (χ2v) is 6.47. The van der Waals surface area contributed by atoms with Crippen LogP contribution in [0.15, 0.2) is 59.6 Å².